The van der Waals surface area contributed by atoms with Crippen LogP contribution in [0.4, 0.5) is 0 Å². The molecule has 0 amide bonds. The minimum atomic E-state index is -0.520. The predicted octanol–water partition coefficient (Wildman–Crippen LogP) is 4.88. The molecule has 0 N–H and O–H groups in total. The van der Waals surface area contributed by atoms with Gasteiger partial charge in [0.15, 0.2) is 6.61 Å². The summed E-state index contributed by atoms with van der Waals surface area (Å²) in [6.07, 6.45) is 1.20. The summed E-state index contributed by atoms with van der Waals surface area (Å²) >= 11 is 0. The minimum absolute atomic E-state index is 0.0143. The summed E-state index contributed by atoms with van der Waals surface area (Å²) in [5.74, 6) is -0.265. The van der Waals surface area contributed by atoms with Crippen LogP contribution in [-0.4, -0.2) is 25.2 Å². The van der Waals surface area contributed by atoms with Crippen LogP contribution >= 0.6 is 0 Å². The fraction of sp³-hybridized carbons (Fsp3) is 0.148. The third-order valence-corrected chi connectivity index (χ3v) is 4.91. The van der Waals surface area contributed by atoms with Gasteiger partial charge in [0.1, 0.15) is 30.0 Å². The molecule has 0 unspecified atom stereocenters. The molecule has 0 spiro atoms. The Morgan fingerprint density at radius 3 is 2.37 bits per heavy atom. The second kappa shape index (κ2) is 11.0. The van der Waals surface area contributed by atoms with E-state index in [1.165, 1.54) is 18.4 Å². The summed E-state index contributed by atoms with van der Waals surface area (Å²) in [4.78, 5) is 36.5. The zero-order valence-corrected chi connectivity index (χ0v) is 18.9. The van der Waals surface area contributed by atoms with Crippen molar-refractivity contribution in [3.05, 3.63) is 100 Å². The number of carbonyl (C=O) groups is 2. The molecular formula is C27H22O8. The summed E-state index contributed by atoms with van der Waals surface area (Å²) in [5, 5.41) is 0.282. The molecule has 0 atom stereocenters. The minimum Gasteiger partial charge on any atom is -0.482 e. The van der Waals surface area contributed by atoms with Gasteiger partial charge in [0.2, 0.25) is 11.2 Å². The number of esters is 2. The third-order valence-electron chi connectivity index (χ3n) is 4.91. The van der Waals surface area contributed by atoms with E-state index in [4.69, 9.17) is 23.4 Å². The lowest BCUT2D eigenvalue weighted by Crippen LogP contribution is -2.14. The zero-order valence-electron chi connectivity index (χ0n) is 18.9. The molecule has 0 saturated carbocycles. The van der Waals surface area contributed by atoms with Crippen molar-refractivity contribution in [3.63, 3.8) is 0 Å². The van der Waals surface area contributed by atoms with Crippen molar-refractivity contribution in [2.24, 2.45) is 0 Å². The van der Waals surface area contributed by atoms with Gasteiger partial charge >= 0.3 is 11.9 Å². The van der Waals surface area contributed by atoms with Crippen LogP contribution in [0.15, 0.2) is 88.3 Å². The van der Waals surface area contributed by atoms with E-state index >= 15 is 0 Å². The van der Waals surface area contributed by atoms with Crippen LogP contribution in [0.1, 0.15) is 22.8 Å². The van der Waals surface area contributed by atoms with E-state index in [1.807, 2.05) is 30.3 Å². The van der Waals surface area contributed by atoms with Crippen LogP contribution in [-0.2, 0) is 20.9 Å². The maximum Gasteiger partial charge on any atom is 0.344 e. The van der Waals surface area contributed by atoms with Gasteiger partial charge in [-0.2, -0.15) is 0 Å². The normalized spacial score (nSPS) is 10.5. The van der Waals surface area contributed by atoms with Gasteiger partial charge in [-0.3, -0.25) is 4.79 Å². The number of rotatable bonds is 9. The first-order valence-electron chi connectivity index (χ1n) is 10.9. The molecule has 0 aliphatic rings. The van der Waals surface area contributed by atoms with E-state index in [1.54, 1.807) is 37.3 Å². The van der Waals surface area contributed by atoms with Gasteiger partial charge in [-0.15, -0.1) is 0 Å². The molecule has 8 nitrogen and oxygen atoms in total. The Hall–Kier alpha value is -4.59. The SMILES string of the molecule is CCOC(=O)c1ccc(Oc2coc3cc(OCC(=O)OCc4ccccc4)ccc3c2=O)cc1. The smallest absolute Gasteiger partial charge is 0.344 e. The average molecular weight is 474 g/mol. The summed E-state index contributed by atoms with van der Waals surface area (Å²) in [6.45, 7) is 1.88. The second-order valence-corrected chi connectivity index (χ2v) is 7.37. The second-order valence-electron chi connectivity index (χ2n) is 7.37. The number of hydrogen-bond donors (Lipinski definition) is 0. The Balaban J connectivity index is 1.38. The first kappa shape index (κ1) is 23.6. The van der Waals surface area contributed by atoms with Crippen molar-refractivity contribution in [2.45, 2.75) is 13.5 Å². The van der Waals surface area contributed by atoms with E-state index in [0.717, 1.165) is 5.56 Å². The predicted molar refractivity (Wildman–Crippen MR) is 127 cm³/mol. The molecule has 0 fully saturated rings. The van der Waals surface area contributed by atoms with E-state index in [9.17, 15) is 14.4 Å². The van der Waals surface area contributed by atoms with Gasteiger partial charge in [-0.25, -0.2) is 9.59 Å². The highest BCUT2D eigenvalue weighted by Gasteiger charge is 2.12. The van der Waals surface area contributed by atoms with Crippen molar-refractivity contribution in [1.29, 1.82) is 0 Å². The van der Waals surface area contributed by atoms with Crippen LogP contribution in [0.2, 0.25) is 0 Å². The Labute approximate surface area is 200 Å². The molecule has 0 saturated heterocycles. The Morgan fingerprint density at radius 2 is 1.63 bits per heavy atom. The maximum atomic E-state index is 12.8. The lowest BCUT2D eigenvalue weighted by molar-refractivity contribution is -0.147. The van der Waals surface area contributed by atoms with Crippen molar-refractivity contribution < 1.29 is 33.0 Å². The van der Waals surface area contributed by atoms with Crippen LogP contribution in [0.5, 0.6) is 17.2 Å². The fourth-order valence-electron chi connectivity index (χ4n) is 3.17. The number of ether oxygens (including phenoxy) is 4. The largest absolute Gasteiger partial charge is 0.482 e. The highest BCUT2D eigenvalue weighted by atomic mass is 16.6. The molecule has 4 rings (SSSR count). The molecule has 0 aliphatic heterocycles. The molecule has 1 aromatic heterocycles. The van der Waals surface area contributed by atoms with Gasteiger partial charge in [0.25, 0.3) is 0 Å². The van der Waals surface area contributed by atoms with Gasteiger partial charge in [-0.1, -0.05) is 30.3 Å². The Kier molecular flexibility index (Phi) is 7.42. The van der Waals surface area contributed by atoms with Crippen molar-refractivity contribution in [1.82, 2.24) is 0 Å². The van der Waals surface area contributed by atoms with Crippen LogP contribution < -0.4 is 14.9 Å². The monoisotopic (exact) mass is 474 g/mol. The maximum absolute atomic E-state index is 12.8. The van der Waals surface area contributed by atoms with Gasteiger partial charge in [0, 0.05) is 6.07 Å². The molecule has 0 bridgehead atoms. The third kappa shape index (κ3) is 6.05. The molecule has 8 heteroatoms. The fourth-order valence-corrected chi connectivity index (χ4v) is 3.17. The highest BCUT2D eigenvalue weighted by Crippen LogP contribution is 2.24. The molecule has 4 aromatic rings. The summed E-state index contributed by atoms with van der Waals surface area (Å²) in [7, 11) is 0. The van der Waals surface area contributed by atoms with Crippen LogP contribution in [0, 0.1) is 0 Å². The van der Waals surface area contributed by atoms with Crippen LogP contribution in [0.3, 0.4) is 0 Å². The Morgan fingerprint density at radius 1 is 0.886 bits per heavy atom. The van der Waals surface area contributed by atoms with Crippen molar-refractivity contribution in [2.75, 3.05) is 13.2 Å². The zero-order chi connectivity index (χ0) is 24.6. The van der Waals surface area contributed by atoms with Gasteiger partial charge in [0.05, 0.1) is 17.6 Å². The Bertz CT molecular complexity index is 1370. The number of carbonyl (C=O) groups excluding carboxylic acids is 2. The van der Waals surface area contributed by atoms with E-state index in [2.05, 4.69) is 0 Å². The highest BCUT2D eigenvalue weighted by molar-refractivity contribution is 5.89. The molecule has 1 heterocycles. The molecule has 3 aromatic carbocycles. The quantitative estimate of drug-likeness (QED) is 0.316. The van der Waals surface area contributed by atoms with Crippen LogP contribution in [0.25, 0.3) is 11.0 Å². The number of fused-ring (bicyclic) bond motifs is 1. The lowest BCUT2D eigenvalue weighted by atomic mass is 10.2. The molecule has 178 valence electrons. The number of benzene rings is 3. The average Bonchev–Trinajstić information content (AvgIpc) is 2.89. The van der Waals surface area contributed by atoms with Crippen molar-refractivity contribution in [3.8, 4) is 17.2 Å². The first-order chi connectivity index (χ1) is 17.0. The first-order valence-corrected chi connectivity index (χ1v) is 10.9. The summed E-state index contributed by atoms with van der Waals surface area (Å²) < 4.78 is 26.8. The van der Waals surface area contributed by atoms with Gasteiger partial charge < -0.3 is 23.4 Å². The lowest BCUT2D eigenvalue weighted by Gasteiger charge is -2.09. The molecule has 0 radical (unpaired) electrons. The van der Waals surface area contributed by atoms with E-state index in [-0.39, 0.29) is 42.0 Å². The summed E-state index contributed by atoms with van der Waals surface area (Å²) in [5.41, 5.74) is 1.15. The summed E-state index contributed by atoms with van der Waals surface area (Å²) in [6, 6.07) is 20.1. The molecule has 35 heavy (non-hydrogen) atoms. The molecule has 0 aliphatic carbocycles. The standard InChI is InChI=1S/C27H22O8/c1-2-31-27(30)19-8-10-20(11-9-19)35-24-16-33-23-14-21(12-13-22(23)26(24)29)32-17-25(28)34-15-18-6-4-3-5-7-18/h3-14,16H,2,15,17H2,1H3. The topological polar surface area (TPSA) is 101 Å². The molecular weight excluding hydrogens is 452 g/mol. The van der Waals surface area contributed by atoms with E-state index in [0.29, 0.717) is 17.1 Å². The van der Waals surface area contributed by atoms with Gasteiger partial charge in [-0.05, 0) is 48.9 Å². The number of hydrogen-bond acceptors (Lipinski definition) is 8. The van der Waals surface area contributed by atoms with Crippen molar-refractivity contribution >= 4 is 22.9 Å². The van der Waals surface area contributed by atoms with E-state index < -0.39 is 11.9 Å².